The van der Waals surface area contributed by atoms with Crippen LogP contribution in [0.2, 0.25) is 0 Å². The lowest BCUT2D eigenvalue weighted by Gasteiger charge is -2.06. The highest BCUT2D eigenvalue weighted by Crippen LogP contribution is 2.05. The van der Waals surface area contributed by atoms with Crippen LogP contribution in [0, 0.1) is 0 Å². The Morgan fingerprint density at radius 3 is 2.17 bits per heavy atom. The third kappa shape index (κ3) is 2.18. The normalized spacial score (nSPS) is 15.5. The van der Waals surface area contributed by atoms with Gasteiger partial charge in [-0.1, -0.05) is 0 Å². The summed E-state index contributed by atoms with van der Waals surface area (Å²) in [7, 11) is 0. The Bertz CT molecular complexity index is 290. The van der Waals surface area contributed by atoms with Crippen LogP contribution in [0.1, 0.15) is 0 Å². The van der Waals surface area contributed by atoms with Crippen molar-refractivity contribution in [3.05, 3.63) is 18.3 Å². The van der Waals surface area contributed by atoms with Crippen molar-refractivity contribution in [3.63, 3.8) is 0 Å². The predicted octanol–water partition coefficient (Wildman–Crippen LogP) is -0.442. The Hall–Kier alpha value is -0.630. The van der Waals surface area contributed by atoms with Crippen molar-refractivity contribution >= 4 is 22.2 Å². The summed E-state index contributed by atoms with van der Waals surface area (Å²) in [5, 5.41) is -0.177. The Balaban J connectivity index is 3.01. The van der Waals surface area contributed by atoms with Crippen molar-refractivity contribution in [3.8, 4) is 0 Å². The first kappa shape index (κ1) is 9.46. The topological polar surface area (TPSA) is 93.1 Å². The summed E-state index contributed by atoms with van der Waals surface area (Å²) >= 11 is -4.78. The fraction of sp³-hybridized carbons (Fsp3) is 0. The SMILES string of the molecule is O=S([O-])c1ccc(S(=O)[O-])nc1. The van der Waals surface area contributed by atoms with Crippen LogP contribution in [-0.4, -0.2) is 22.5 Å². The molecule has 0 fully saturated rings. The van der Waals surface area contributed by atoms with E-state index in [0.29, 0.717) is 0 Å². The van der Waals surface area contributed by atoms with Gasteiger partial charge in [0.25, 0.3) is 0 Å². The molecule has 0 aliphatic carbocycles. The van der Waals surface area contributed by atoms with Crippen LogP contribution in [0.4, 0.5) is 0 Å². The molecule has 0 bridgehead atoms. The minimum Gasteiger partial charge on any atom is -0.768 e. The van der Waals surface area contributed by atoms with Gasteiger partial charge in [-0.05, 0) is 34.3 Å². The van der Waals surface area contributed by atoms with Crippen molar-refractivity contribution in [2.45, 2.75) is 9.92 Å². The quantitative estimate of drug-likeness (QED) is 0.610. The zero-order valence-corrected chi connectivity index (χ0v) is 7.26. The van der Waals surface area contributed by atoms with Crippen LogP contribution >= 0.6 is 0 Å². The van der Waals surface area contributed by atoms with Crippen molar-refractivity contribution in [1.29, 1.82) is 0 Å². The first-order valence-corrected chi connectivity index (χ1v) is 4.91. The number of pyridine rings is 1. The average Bonchev–Trinajstić information content (AvgIpc) is 2.04. The summed E-state index contributed by atoms with van der Waals surface area (Å²) in [6, 6.07) is 2.29. The van der Waals surface area contributed by atoms with Crippen LogP contribution in [0.25, 0.3) is 0 Å². The van der Waals surface area contributed by atoms with E-state index in [0.717, 1.165) is 12.3 Å². The van der Waals surface area contributed by atoms with E-state index in [9.17, 15) is 17.5 Å². The van der Waals surface area contributed by atoms with Gasteiger partial charge in [-0.15, -0.1) is 0 Å². The monoisotopic (exact) mass is 205 g/mol. The maximum absolute atomic E-state index is 10.3. The van der Waals surface area contributed by atoms with Gasteiger partial charge < -0.3 is 9.11 Å². The third-order valence-electron chi connectivity index (χ3n) is 1.07. The second-order valence-electron chi connectivity index (χ2n) is 1.80. The first-order chi connectivity index (χ1) is 5.61. The lowest BCUT2D eigenvalue weighted by molar-refractivity contribution is 0.529. The van der Waals surface area contributed by atoms with E-state index in [2.05, 4.69) is 4.98 Å². The largest absolute Gasteiger partial charge is 0.768 e. The molecule has 2 atom stereocenters. The first-order valence-electron chi connectivity index (χ1n) is 2.76. The Morgan fingerprint density at radius 1 is 1.17 bits per heavy atom. The van der Waals surface area contributed by atoms with Crippen molar-refractivity contribution in [2.24, 2.45) is 0 Å². The van der Waals surface area contributed by atoms with E-state index in [4.69, 9.17) is 0 Å². The Kier molecular flexibility index (Phi) is 3.04. The maximum Gasteiger partial charge on any atom is 0.113 e. The van der Waals surface area contributed by atoms with Crippen molar-refractivity contribution in [1.82, 2.24) is 4.98 Å². The van der Waals surface area contributed by atoms with Gasteiger partial charge in [0.15, 0.2) is 0 Å². The van der Waals surface area contributed by atoms with Crippen LogP contribution in [0.5, 0.6) is 0 Å². The van der Waals surface area contributed by atoms with E-state index in [1.807, 2.05) is 0 Å². The smallest absolute Gasteiger partial charge is 0.113 e. The molecule has 0 saturated heterocycles. The Morgan fingerprint density at radius 2 is 1.83 bits per heavy atom. The van der Waals surface area contributed by atoms with Crippen LogP contribution in [0.3, 0.4) is 0 Å². The number of hydrogen-bond donors (Lipinski definition) is 0. The number of nitrogens with zero attached hydrogens (tertiary/aromatic N) is 1. The molecule has 0 N–H and O–H groups in total. The molecule has 0 radical (unpaired) electrons. The van der Waals surface area contributed by atoms with Gasteiger partial charge in [0.2, 0.25) is 0 Å². The molecule has 0 aromatic carbocycles. The van der Waals surface area contributed by atoms with Crippen molar-refractivity contribution in [2.75, 3.05) is 0 Å². The van der Waals surface area contributed by atoms with Crippen LogP contribution in [-0.2, 0) is 22.2 Å². The van der Waals surface area contributed by atoms with Gasteiger partial charge in [-0.2, -0.15) is 0 Å². The Labute approximate surface area is 73.4 Å². The highest BCUT2D eigenvalue weighted by atomic mass is 32.2. The van der Waals surface area contributed by atoms with Crippen LogP contribution < -0.4 is 0 Å². The van der Waals surface area contributed by atoms with Gasteiger partial charge >= 0.3 is 0 Å². The van der Waals surface area contributed by atoms with E-state index in [1.54, 1.807) is 0 Å². The van der Waals surface area contributed by atoms with Gasteiger partial charge in [0, 0.05) is 11.1 Å². The fourth-order valence-electron chi connectivity index (χ4n) is 0.564. The molecule has 0 spiro atoms. The predicted molar refractivity (Wildman–Crippen MR) is 38.6 cm³/mol. The molecule has 1 rings (SSSR count). The zero-order chi connectivity index (χ0) is 9.14. The molecule has 66 valence electrons. The minimum atomic E-state index is -2.41. The molecule has 5 nitrogen and oxygen atoms in total. The summed E-state index contributed by atoms with van der Waals surface area (Å²) in [5.74, 6) is 0. The fourth-order valence-corrected chi connectivity index (χ4v) is 1.20. The average molecular weight is 205 g/mol. The number of rotatable bonds is 2. The molecule has 1 heterocycles. The van der Waals surface area contributed by atoms with E-state index >= 15 is 0 Å². The molecule has 12 heavy (non-hydrogen) atoms. The highest BCUT2D eigenvalue weighted by molar-refractivity contribution is 7.79. The van der Waals surface area contributed by atoms with Crippen LogP contribution in [0.15, 0.2) is 28.3 Å². The zero-order valence-electron chi connectivity index (χ0n) is 5.63. The van der Waals surface area contributed by atoms with E-state index in [1.165, 1.54) is 6.07 Å². The van der Waals surface area contributed by atoms with Crippen molar-refractivity contribution < 1.29 is 17.5 Å². The summed E-state index contributed by atoms with van der Waals surface area (Å²) in [4.78, 5) is 3.36. The molecule has 1 aromatic rings. The summed E-state index contributed by atoms with van der Waals surface area (Å²) in [6.07, 6.45) is 0.980. The molecule has 0 aliphatic rings. The second kappa shape index (κ2) is 3.85. The lowest BCUT2D eigenvalue weighted by atomic mass is 10.5. The molecule has 0 saturated carbocycles. The van der Waals surface area contributed by atoms with E-state index < -0.39 is 22.2 Å². The summed E-state index contributed by atoms with van der Waals surface area (Å²) < 4.78 is 41.1. The second-order valence-corrected chi connectivity index (χ2v) is 3.63. The molecule has 2 unspecified atom stereocenters. The van der Waals surface area contributed by atoms with Gasteiger partial charge in [-0.25, -0.2) is 4.98 Å². The van der Waals surface area contributed by atoms with Gasteiger partial charge in [-0.3, -0.25) is 8.42 Å². The highest BCUT2D eigenvalue weighted by Gasteiger charge is 1.95. The van der Waals surface area contributed by atoms with E-state index in [-0.39, 0.29) is 9.92 Å². The minimum absolute atomic E-state index is 0.0378. The molecular weight excluding hydrogens is 202 g/mol. The maximum atomic E-state index is 10.3. The molecule has 7 heteroatoms. The summed E-state index contributed by atoms with van der Waals surface area (Å²) in [5.41, 5.74) is 0. The molecule has 0 amide bonds. The third-order valence-corrected chi connectivity index (χ3v) is 2.28. The number of hydrogen-bond acceptors (Lipinski definition) is 5. The summed E-state index contributed by atoms with van der Waals surface area (Å²) in [6.45, 7) is 0. The standard InChI is InChI=1S/C5H5NO4S2/c7-11(8)4-1-2-5(6-3-4)12(9)10/h1-3H,(H,7,8)(H,9,10)/p-2. The number of aromatic nitrogens is 1. The molecule has 1 aromatic heterocycles. The molecule has 0 aliphatic heterocycles. The molecular formula is C5H3NO4S2-2. The lowest BCUT2D eigenvalue weighted by Crippen LogP contribution is -1.95. The van der Waals surface area contributed by atoms with Gasteiger partial charge in [0.1, 0.15) is 5.03 Å². The van der Waals surface area contributed by atoms with Gasteiger partial charge in [0.05, 0.1) is 0 Å².